The lowest BCUT2D eigenvalue weighted by molar-refractivity contribution is 0.300. The summed E-state index contributed by atoms with van der Waals surface area (Å²) >= 11 is 0. The number of nitrogens with one attached hydrogen (secondary N) is 1. The number of sulfonamides is 1. The number of anilines is 2. The Morgan fingerprint density at radius 1 is 1.25 bits per heavy atom. The van der Waals surface area contributed by atoms with E-state index in [0.717, 1.165) is 12.5 Å². The van der Waals surface area contributed by atoms with Crippen molar-refractivity contribution in [2.24, 2.45) is 17.0 Å². The van der Waals surface area contributed by atoms with Crippen LogP contribution >= 0.6 is 0 Å². The maximum absolute atomic E-state index is 11.3. The molecule has 0 atom stereocenters. The number of hydrogen-bond donors (Lipinski definition) is 3. The summed E-state index contributed by atoms with van der Waals surface area (Å²) < 4.78 is 22.7. The fourth-order valence-electron chi connectivity index (χ4n) is 2.65. The fraction of sp³-hybridized carbons (Fsp3) is 0.571. The Labute approximate surface area is 120 Å². The maximum Gasteiger partial charge on any atom is 0.238 e. The van der Waals surface area contributed by atoms with Crippen molar-refractivity contribution in [1.82, 2.24) is 0 Å². The first-order valence-corrected chi connectivity index (χ1v) is 8.57. The van der Waals surface area contributed by atoms with Crippen molar-refractivity contribution in [3.63, 3.8) is 0 Å². The van der Waals surface area contributed by atoms with E-state index < -0.39 is 10.0 Å². The van der Waals surface area contributed by atoms with Crippen LogP contribution < -0.4 is 16.2 Å². The van der Waals surface area contributed by atoms with Crippen LogP contribution in [0.25, 0.3) is 0 Å². The minimum absolute atomic E-state index is 0.0893. The Morgan fingerprint density at radius 3 is 2.50 bits per heavy atom. The fourth-order valence-corrected chi connectivity index (χ4v) is 3.19. The quantitative estimate of drug-likeness (QED) is 0.742. The second kappa shape index (κ2) is 6.01. The summed E-state index contributed by atoms with van der Waals surface area (Å²) in [5, 5.41) is 8.40. The van der Waals surface area contributed by atoms with Crippen molar-refractivity contribution in [3.8, 4) is 0 Å². The lowest BCUT2D eigenvalue weighted by Gasteiger charge is -2.26. The van der Waals surface area contributed by atoms with Crippen LogP contribution in [0.5, 0.6) is 0 Å². The van der Waals surface area contributed by atoms with Crippen LogP contribution in [0.3, 0.4) is 0 Å². The predicted molar refractivity (Wildman–Crippen MR) is 81.8 cm³/mol. The topological polar surface area (TPSA) is 98.2 Å². The van der Waals surface area contributed by atoms with Crippen LogP contribution in [0.1, 0.15) is 32.6 Å². The molecule has 2 rings (SSSR count). The van der Waals surface area contributed by atoms with E-state index in [2.05, 4.69) is 12.2 Å². The summed E-state index contributed by atoms with van der Waals surface area (Å²) in [5.74, 6) is 1.45. The Kier molecular flexibility index (Phi) is 4.55. The number of hydrogen-bond acceptors (Lipinski definition) is 4. The Bertz CT molecular complexity index is 564. The highest BCUT2D eigenvalue weighted by molar-refractivity contribution is 7.89. The molecule has 1 aliphatic rings. The Morgan fingerprint density at radius 2 is 1.90 bits per heavy atom. The van der Waals surface area contributed by atoms with E-state index in [9.17, 15) is 8.42 Å². The van der Waals surface area contributed by atoms with Gasteiger partial charge in [0.1, 0.15) is 0 Å². The van der Waals surface area contributed by atoms with Crippen molar-refractivity contribution in [1.29, 1.82) is 0 Å². The Hall–Kier alpha value is -1.27. The van der Waals surface area contributed by atoms with E-state index in [1.807, 2.05) is 0 Å². The number of nitrogen functional groups attached to an aromatic ring is 1. The summed E-state index contributed by atoms with van der Waals surface area (Å²) in [5.41, 5.74) is 7.06. The molecule has 0 unspecified atom stereocenters. The van der Waals surface area contributed by atoms with Crippen molar-refractivity contribution in [3.05, 3.63) is 18.2 Å². The van der Waals surface area contributed by atoms with Crippen molar-refractivity contribution < 1.29 is 8.42 Å². The molecule has 1 saturated carbocycles. The summed E-state index contributed by atoms with van der Waals surface area (Å²) in [6, 6.07) is 4.51. The maximum atomic E-state index is 11.3. The third kappa shape index (κ3) is 3.86. The van der Waals surface area contributed by atoms with Gasteiger partial charge < -0.3 is 11.1 Å². The van der Waals surface area contributed by atoms with Gasteiger partial charge in [0.05, 0.1) is 16.3 Å². The monoisotopic (exact) mass is 297 g/mol. The van der Waals surface area contributed by atoms with Crippen LogP contribution in [0.15, 0.2) is 23.1 Å². The number of nitrogens with two attached hydrogens (primary N) is 2. The smallest absolute Gasteiger partial charge is 0.238 e. The highest BCUT2D eigenvalue weighted by Gasteiger charge is 2.18. The van der Waals surface area contributed by atoms with Gasteiger partial charge in [-0.25, -0.2) is 13.6 Å². The lowest BCUT2D eigenvalue weighted by atomic mass is 9.83. The molecule has 0 aromatic heterocycles. The average molecular weight is 297 g/mol. The largest absolute Gasteiger partial charge is 0.397 e. The SMILES string of the molecule is CC1CCC(CNc2cc(S(N)(=O)=O)ccc2N)CC1. The van der Waals surface area contributed by atoms with Gasteiger partial charge in [0.2, 0.25) is 10.0 Å². The second-order valence-corrected chi connectivity index (χ2v) is 7.36. The lowest BCUT2D eigenvalue weighted by Crippen LogP contribution is -2.21. The molecule has 0 aliphatic heterocycles. The van der Waals surface area contributed by atoms with Crippen LogP contribution in [0, 0.1) is 11.8 Å². The predicted octanol–water partition coefficient (Wildman–Crippen LogP) is 2.15. The minimum Gasteiger partial charge on any atom is -0.397 e. The molecule has 0 radical (unpaired) electrons. The molecule has 1 aliphatic carbocycles. The van der Waals surface area contributed by atoms with E-state index in [1.165, 1.54) is 37.8 Å². The zero-order valence-electron chi connectivity index (χ0n) is 11.8. The zero-order valence-corrected chi connectivity index (χ0v) is 12.6. The van der Waals surface area contributed by atoms with Crippen molar-refractivity contribution in [2.45, 2.75) is 37.5 Å². The van der Waals surface area contributed by atoms with Gasteiger partial charge in [0.15, 0.2) is 0 Å². The molecule has 20 heavy (non-hydrogen) atoms. The molecule has 1 fully saturated rings. The van der Waals surface area contributed by atoms with Crippen molar-refractivity contribution >= 4 is 21.4 Å². The number of benzene rings is 1. The average Bonchev–Trinajstić information content (AvgIpc) is 2.38. The van der Waals surface area contributed by atoms with Crippen molar-refractivity contribution in [2.75, 3.05) is 17.6 Å². The van der Waals surface area contributed by atoms with Gasteiger partial charge in [-0.2, -0.15) is 0 Å². The van der Waals surface area contributed by atoms with Crippen LogP contribution in [0.2, 0.25) is 0 Å². The molecule has 5 nitrogen and oxygen atoms in total. The van der Waals surface area contributed by atoms with Crippen LogP contribution in [0.4, 0.5) is 11.4 Å². The highest BCUT2D eigenvalue weighted by atomic mass is 32.2. The molecule has 1 aromatic rings. The van der Waals surface area contributed by atoms with E-state index in [0.29, 0.717) is 17.3 Å². The highest BCUT2D eigenvalue weighted by Crippen LogP contribution is 2.29. The van der Waals surface area contributed by atoms with Gasteiger partial charge in [-0.05, 0) is 42.9 Å². The molecule has 0 heterocycles. The first-order valence-electron chi connectivity index (χ1n) is 7.02. The molecule has 6 heteroatoms. The third-order valence-corrected chi connectivity index (χ3v) is 4.98. The first kappa shape index (κ1) is 15.1. The van der Waals surface area contributed by atoms with Crippen LogP contribution in [-0.2, 0) is 10.0 Å². The standard InChI is InChI=1S/C14H23N3O2S/c1-10-2-4-11(5-3-10)9-17-14-8-12(20(16,18)19)6-7-13(14)15/h6-8,10-11,17H,2-5,9,15H2,1H3,(H2,16,18,19). The van der Waals surface area contributed by atoms with E-state index in [4.69, 9.17) is 10.9 Å². The van der Waals surface area contributed by atoms with E-state index >= 15 is 0 Å². The van der Waals surface area contributed by atoms with Gasteiger partial charge in [0.25, 0.3) is 0 Å². The minimum atomic E-state index is -3.69. The molecule has 5 N–H and O–H groups in total. The molecule has 0 bridgehead atoms. The molecule has 0 saturated heterocycles. The van der Waals surface area contributed by atoms with Gasteiger partial charge in [-0.3, -0.25) is 0 Å². The van der Waals surface area contributed by atoms with Crippen LogP contribution in [-0.4, -0.2) is 15.0 Å². The van der Waals surface area contributed by atoms with Gasteiger partial charge >= 0.3 is 0 Å². The molecule has 1 aromatic carbocycles. The van der Waals surface area contributed by atoms with Gasteiger partial charge in [-0.15, -0.1) is 0 Å². The third-order valence-electron chi connectivity index (χ3n) is 4.07. The molecule has 0 amide bonds. The molecular weight excluding hydrogens is 274 g/mol. The normalized spacial score (nSPS) is 23.5. The molecular formula is C14H23N3O2S. The summed E-state index contributed by atoms with van der Waals surface area (Å²) in [4.78, 5) is 0.0893. The van der Waals surface area contributed by atoms with E-state index in [1.54, 1.807) is 6.07 Å². The van der Waals surface area contributed by atoms with Gasteiger partial charge in [-0.1, -0.05) is 19.8 Å². The van der Waals surface area contributed by atoms with E-state index in [-0.39, 0.29) is 4.90 Å². The first-order chi connectivity index (χ1) is 9.36. The second-order valence-electron chi connectivity index (χ2n) is 5.80. The number of primary sulfonamides is 1. The molecule has 112 valence electrons. The summed E-state index contributed by atoms with van der Waals surface area (Å²) in [6.45, 7) is 3.11. The summed E-state index contributed by atoms with van der Waals surface area (Å²) in [7, 11) is -3.69. The molecule has 0 spiro atoms. The van der Waals surface area contributed by atoms with Gasteiger partial charge in [0, 0.05) is 6.54 Å². The summed E-state index contributed by atoms with van der Waals surface area (Å²) in [6.07, 6.45) is 4.95. The number of rotatable bonds is 4. The Balaban J connectivity index is 2.02. The zero-order chi connectivity index (χ0) is 14.8.